The van der Waals surface area contributed by atoms with E-state index in [1.165, 1.54) is 71.3 Å². The number of aryl methyl sites for hydroxylation is 1. The van der Waals surface area contributed by atoms with Crippen molar-refractivity contribution in [3.05, 3.63) is 164 Å². The Labute approximate surface area is 251 Å². The Balaban J connectivity index is 1.33. The zero-order valence-corrected chi connectivity index (χ0v) is 24.0. The van der Waals surface area contributed by atoms with Gasteiger partial charge in [0.1, 0.15) is 0 Å². The Morgan fingerprint density at radius 3 is 1.40 bits per heavy atom. The molecule has 0 unspecified atom stereocenters. The molecule has 0 radical (unpaired) electrons. The second-order valence-corrected chi connectivity index (χ2v) is 11.3. The zero-order valence-electron chi connectivity index (χ0n) is 24.0. The van der Waals surface area contributed by atoms with Crippen LogP contribution in [0.4, 0.5) is 0 Å². The van der Waals surface area contributed by atoms with Gasteiger partial charge < -0.3 is 0 Å². The van der Waals surface area contributed by atoms with Gasteiger partial charge in [0.2, 0.25) is 0 Å². The summed E-state index contributed by atoms with van der Waals surface area (Å²) in [7, 11) is 0. The van der Waals surface area contributed by atoms with Crippen LogP contribution in [0.2, 0.25) is 0 Å². The molecule has 0 atom stereocenters. The summed E-state index contributed by atoms with van der Waals surface area (Å²) in [6, 6.07) is 55.2. The number of fused-ring (bicyclic) bond motifs is 3. The quantitative estimate of drug-likeness (QED) is 0.200. The Morgan fingerprint density at radius 2 is 0.814 bits per heavy atom. The average molecular weight is 548 g/mol. The van der Waals surface area contributed by atoms with Crippen LogP contribution >= 0.6 is 0 Å². The van der Waals surface area contributed by atoms with Crippen LogP contribution in [-0.4, -0.2) is 4.98 Å². The van der Waals surface area contributed by atoms with E-state index < -0.39 is 0 Å². The van der Waals surface area contributed by atoms with Gasteiger partial charge in [0.25, 0.3) is 0 Å². The molecule has 0 spiro atoms. The first-order valence-corrected chi connectivity index (χ1v) is 14.8. The molecule has 0 aliphatic rings. The molecule has 0 N–H and O–H groups in total. The van der Waals surface area contributed by atoms with Crippen LogP contribution < -0.4 is 0 Å². The van der Waals surface area contributed by atoms with Gasteiger partial charge in [-0.15, -0.1) is 0 Å². The van der Waals surface area contributed by atoms with Crippen molar-refractivity contribution in [2.45, 2.75) is 6.92 Å². The molecule has 1 heteroatoms. The molecule has 8 aromatic rings. The SMILES string of the molecule is Cc1ccc(-c2cccc(-c3cccc(-c4c5ccccc5c(-c5ccc6ccccc6c5)c5ccccc45)c3)c2)cn1. The summed E-state index contributed by atoms with van der Waals surface area (Å²) >= 11 is 0. The first kappa shape index (κ1) is 25.2. The van der Waals surface area contributed by atoms with E-state index in [0.717, 1.165) is 11.3 Å². The molecule has 0 bridgehead atoms. The minimum absolute atomic E-state index is 1.03. The van der Waals surface area contributed by atoms with E-state index >= 15 is 0 Å². The van der Waals surface area contributed by atoms with Gasteiger partial charge in [-0.1, -0.05) is 127 Å². The highest BCUT2D eigenvalue weighted by atomic mass is 14.7. The van der Waals surface area contributed by atoms with Crippen LogP contribution in [0.15, 0.2) is 158 Å². The fourth-order valence-corrected chi connectivity index (χ4v) is 6.47. The predicted molar refractivity (Wildman–Crippen MR) is 183 cm³/mol. The van der Waals surface area contributed by atoms with Crippen molar-refractivity contribution >= 4 is 32.3 Å². The molecule has 202 valence electrons. The van der Waals surface area contributed by atoms with Crippen molar-refractivity contribution in [3.8, 4) is 44.5 Å². The molecule has 1 aromatic heterocycles. The van der Waals surface area contributed by atoms with E-state index in [-0.39, 0.29) is 0 Å². The monoisotopic (exact) mass is 547 g/mol. The largest absolute Gasteiger partial charge is 0.261 e. The minimum Gasteiger partial charge on any atom is -0.261 e. The van der Waals surface area contributed by atoms with E-state index in [4.69, 9.17) is 0 Å². The van der Waals surface area contributed by atoms with Gasteiger partial charge >= 0.3 is 0 Å². The lowest BCUT2D eigenvalue weighted by Crippen LogP contribution is -1.91. The van der Waals surface area contributed by atoms with Gasteiger partial charge in [-0.05, 0) is 102 Å². The third kappa shape index (κ3) is 4.47. The summed E-state index contributed by atoms with van der Waals surface area (Å²) < 4.78 is 0. The molecule has 1 heterocycles. The first-order valence-electron chi connectivity index (χ1n) is 14.8. The third-order valence-corrected chi connectivity index (χ3v) is 8.56. The zero-order chi connectivity index (χ0) is 28.8. The van der Waals surface area contributed by atoms with E-state index in [2.05, 4.69) is 157 Å². The summed E-state index contributed by atoms with van der Waals surface area (Å²) in [5.74, 6) is 0. The maximum Gasteiger partial charge on any atom is 0.0373 e. The molecule has 43 heavy (non-hydrogen) atoms. The molecule has 0 saturated heterocycles. The number of hydrogen-bond acceptors (Lipinski definition) is 1. The molecular formula is C42H29N. The molecule has 0 aliphatic carbocycles. The Hall–Kier alpha value is -5.53. The lowest BCUT2D eigenvalue weighted by Gasteiger charge is -2.18. The number of aromatic nitrogens is 1. The molecule has 0 amide bonds. The van der Waals surface area contributed by atoms with Gasteiger partial charge in [-0.3, -0.25) is 4.98 Å². The summed E-state index contributed by atoms with van der Waals surface area (Å²) in [5, 5.41) is 7.59. The van der Waals surface area contributed by atoms with Crippen LogP contribution in [0.5, 0.6) is 0 Å². The van der Waals surface area contributed by atoms with E-state index in [9.17, 15) is 0 Å². The molecule has 8 rings (SSSR count). The van der Waals surface area contributed by atoms with Crippen molar-refractivity contribution in [2.24, 2.45) is 0 Å². The topological polar surface area (TPSA) is 12.9 Å². The molecule has 0 aliphatic heterocycles. The van der Waals surface area contributed by atoms with Gasteiger partial charge in [-0.25, -0.2) is 0 Å². The van der Waals surface area contributed by atoms with E-state index in [1.54, 1.807) is 0 Å². The number of hydrogen-bond donors (Lipinski definition) is 0. The standard InChI is InChI=1S/C42H29N/c1-28-20-21-36(27-43-28)33-14-8-12-31(24-33)32-13-9-15-34(26-32)41-37-16-4-6-18-39(37)42(40-19-7-5-17-38(40)41)35-23-22-29-10-2-3-11-30(29)25-35/h2-27H,1H3. The number of pyridine rings is 1. The summed E-state index contributed by atoms with van der Waals surface area (Å²) in [6.45, 7) is 2.02. The predicted octanol–water partition coefficient (Wildman–Crippen LogP) is 11.5. The molecule has 7 aromatic carbocycles. The van der Waals surface area contributed by atoms with E-state index in [1.807, 2.05) is 13.1 Å². The van der Waals surface area contributed by atoms with Crippen molar-refractivity contribution in [1.82, 2.24) is 4.98 Å². The smallest absolute Gasteiger partial charge is 0.0373 e. The van der Waals surface area contributed by atoms with E-state index in [0.29, 0.717) is 0 Å². The number of benzene rings is 7. The Morgan fingerprint density at radius 1 is 0.349 bits per heavy atom. The van der Waals surface area contributed by atoms with Crippen LogP contribution in [0.3, 0.4) is 0 Å². The number of nitrogens with zero attached hydrogens (tertiary/aromatic N) is 1. The second-order valence-electron chi connectivity index (χ2n) is 11.3. The molecule has 0 fully saturated rings. The Bertz CT molecular complexity index is 2240. The van der Waals surface area contributed by atoms with Crippen LogP contribution in [-0.2, 0) is 0 Å². The molecule has 1 nitrogen and oxygen atoms in total. The van der Waals surface area contributed by atoms with Gasteiger partial charge in [0.15, 0.2) is 0 Å². The second kappa shape index (κ2) is 10.4. The minimum atomic E-state index is 1.03. The Kier molecular flexibility index (Phi) is 6.09. The van der Waals surface area contributed by atoms with Crippen molar-refractivity contribution in [3.63, 3.8) is 0 Å². The lowest BCUT2D eigenvalue weighted by atomic mass is 9.85. The lowest BCUT2D eigenvalue weighted by molar-refractivity contribution is 1.20. The summed E-state index contributed by atoms with van der Waals surface area (Å²) in [5.41, 5.74) is 10.8. The average Bonchev–Trinajstić information content (AvgIpc) is 3.07. The van der Waals surface area contributed by atoms with Crippen molar-refractivity contribution < 1.29 is 0 Å². The maximum atomic E-state index is 4.51. The highest BCUT2D eigenvalue weighted by molar-refractivity contribution is 6.21. The first-order chi connectivity index (χ1) is 21.2. The van der Waals surface area contributed by atoms with Crippen LogP contribution in [0.1, 0.15) is 5.69 Å². The third-order valence-electron chi connectivity index (χ3n) is 8.56. The summed E-state index contributed by atoms with van der Waals surface area (Å²) in [4.78, 5) is 4.51. The fraction of sp³-hybridized carbons (Fsp3) is 0.0238. The fourth-order valence-electron chi connectivity index (χ4n) is 6.47. The molecule has 0 saturated carbocycles. The van der Waals surface area contributed by atoms with Crippen LogP contribution in [0.25, 0.3) is 76.8 Å². The number of rotatable bonds is 4. The van der Waals surface area contributed by atoms with Gasteiger partial charge in [-0.2, -0.15) is 0 Å². The normalized spacial score (nSPS) is 11.4. The highest BCUT2D eigenvalue weighted by Gasteiger charge is 2.17. The van der Waals surface area contributed by atoms with Crippen molar-refractivity contribution in [1.29, 1.82) is 0 Å². The van der Waals surface area contributed by atoms with Crippen LogP contribution in [0, 0.1) is 6.92 Å². The van der Waals surface area contributed by atoms with Gasteiger partial charge in [0.05, 0.1) is 0 Å². The van der Waals surface area contributed by atoms with Crippen molar-refractivity contribution in [2.75, 3.05) is 0 Å². The molecular weight excluding hydrogens is 518 g/mol. The van der Waals surface area contributed by atoms with Gasteiger partial charge in [0, 0.05) is 17.5 Å². The highest BCUT2D eigenvalue weighted by Crippen LogP contribution is 2.44. The maximum absolute atomic E-state index is 4.51. The summed E-state index contributed by atoms with van der Waals surface area (Å²) in [6.07, 6.45) is 1.96.